The average Bonchev–Trinajstić information content (AvgIpc) is 3.49. The van der Waals surface area contributed by atoms with Crippen LogP contribution in [0.5, 0.6) is 0 Å². The Balaban J connectivity index is 4.26. The molecule has 480 valence electrons. The zero-order valence-electron chi connectivity index (χ0n) is 55.2. The third kappa shape index (κ3) is 69.3. The standard InChI is InChI=1S/C77H136O6/c1-4-7-10-13-16-19-22-25-28-30-32-34-35-36-37-38-39-40-41-43-44-46-49-52-55-58-61-64-67-70-76(79)82-73-74(72-81-75(78)69-66-63-60-57-54-51-48-27-24-21-18-15-12-9-6-3)83-77(80)71-68-65-62-59-56-53-50-47-45-42-33-31-29-26-23-20-17-14-11-8-5-2/h8-9,11-12,17-18,20-21,26-27,29,33,42,48,74H,4-7,10,13-16,19,22-25,28,30-32,34-41,43-47,49-73H2,1-3H3/b11-8-,12-9-,20-17-,21-18-,29-26-,42-33-,48-27-. The van der Waals surface area contributed by atoms with E-state index in [-0.39, 0.29) is 31.1 Å². The lowest BCUT2D eigenvalue weighted by Crippen LogP contribution is -2.30. The van der Waals surface area contributed by atoms with Gasteiger partial charge in [0.15, 0.2) is 6.10 Å². The lowest BCUT2D eigenvalue weighted by molar-refractivity contribution is -0.167. The number of carbonyl (C=O) groups excluding carboxylic acids is 3. The van der Waals surface area contributed by atoms with E-state index in [4.69, 9.17) is 14.2 Å². The molecule has 0 saturated heterocycles. The Morgan fingerprint density at radius 2 is 0.470 bits per heavy atom. The van der Waals surface area contributed by atoms with Gasteiger partial charge in [0.2, 0.25) is 0 Å². The fourth-order valence-corrected chi connectivity index (χ4v) is 10.6. The van der Waals surface area contributed by atoms with Crippen LogP contribution in [0.2, 0.25) is 0 Å². The summed E-state index contributed by atoms with van der Waals surface area (Å²) in [5.74, 6) is -0.890. The highest BCUT2D eigenvalue weighted by Gasteiger charge is 2.19. The van der Waals surface area contributed by atoms with Crippen molar-refractivity contribution in [3.63, 3.8) is 0 Å². The first-order valence-corrected chi connectivity index (χ1v) is 36.1. The molecule has 0 N–H and O–H groups in total. The Kier molecular flexibility index (Phi) is 68.2. The quantitative estimate of drug-likeness (QED) is 0.0261. The molecule has 1 atom stereocenters. The number of ether oxygens (including phenoxy) is 3. The van der Waals surface area contributed by atoms with Crippen LogP contribution in [-0.4, -0.2) is 37.2 Å². The van der Waals surface area contributed by atoms with E-state index in [1.165, 1.54) is 199 Å². The molecule has 0 radical (unpaired) electrons. The molecule has 83 heavy (non-hydrogen) atoms. The van der Waals surface area contributed by atoms with Gasteiger partial charge in [0.25, 0.3) is 0 Å². The molecule has 0 amide bonds. The van der Waals surface area contributed by atoms with Crippen molar-refractivity contribution in [2.24, 2.45) is 0 Å². The molecule has 0 bridgehead atoms. The van der Waals surface area contributed by atoms with Crippen LogP contribution >= 0.6 is 0 Å². The van der Waals surface area contributed by atoms with Crippen molar-refractivity contribution in [1.29, 1.82) is 0 Å². The minimum absolute atomic E-state index is 0.0826. The van der Waals surface area contributed by atoms with Gasteiger partial charge in [-0.3, -0.25) is 14.4 Å². The van der Waals surface area contributed by atoms with Crippen LogP contribution in [0.1, 0.15) is 367 Å². The summed E-state index contributed by atoms with van der Waals surface area (Å²) in [5, 5.41) is 0. The lowest BCUT2D eigenvalue weighted by atomic mass is 10.0. The minimum Gasteiger partial charge on any atom is -0.462 e. The molecule has 0 saturated carbocycles. The van der Waals surface area contributed by atoms with Crippen LogP contribution in [0, 0.1) is 0 Å². The maximum atomic E-state index is 13.0. The van der Waals surface area contributed by atoms with Crippen LogP contribution in [0.15, 0.2) is 85.1 Å². The summed E-state index contributed by atoms with van der Waals surface area (Å²) >= 11 is 0. The van der Waals surface area contributed by atoms with Gasteiger partial charge in [-0.1, -0.05) is 343 Å². The van der Waals surface area contributed by atoms with Crippen molar-refractivity contribution in [3.05, 3.63) is 85.1 Å². The van der Waals surface area contributed by atoms with Crippen LogP contribution in [0.3, 0.4) is 0 Å². The van der Waals surface area contributed by atoms with Gasteiger partial charge in [-0.15, -0.1) is 0 Å². The Bertz CT molecular complexity index is 1570. The Morgan fingerprint density at radius 3 is 0.735 bits per heavy atom. The number of allylic oxidation sites excluding steroid dienone is 14. The first kappa shape index (κ1) is 79.6. The summed E-state index contributed by atoms with van der Waals surface area (Å²) < 4.78 is 17.0. The van der Waals surface area contributed by atoms with Gasteiger partial charge in [-0.05, 0) is 89.9 Å². The molecule has 6 heteroatoms. The topological polar surface area (TPSA) is 78.9 Å². The maximum absolute atomic E-state index is 13.0. The fourth-order valence-electron chi connectivity index (χ4n) is 10.6. The normalized spacial score (nSPS) is 12.6. The van der Waals surface area contributed by atoms with Crippen molar-refractivity contribution in [2.45, 2.75) is 374 Å². The second-order valence-electron chi connectivity index (χ2n) is 24.1. The van der Waals surface area contributed by atoms with Crippen molar-refractivity contribution >= 4 is 17.9 Å². The zero-order chi connectivity index (χ0) is 59.9. The summed E-state index contributed by atoms with van der Waals surface area (Å²) in [6.07, 6.45) is 94.8. The van der Waals surface area contributed by atoms with Crippen LogP contribution in [0.4, 0.5) is 0 Å². The molecule has 0 aliphatic carbocycles. The van der Waals surface area contributed by atoms with Gasteiger partial charge in [0.05, 0.1) is 0 Å². The molecule has 0 heterocycles. The van der Waals surface area contributed by atoms with Gasteiger partial charge in [0, 0.05) is 19.3 Å². The largest absolute Gasteiger partial charge is 0.462 e. The lowest BCUT2D eigenvalue weighted by Gasteiger charge is -2.18. The van der Waals surface area contributed by atoms with Gasteiger partial charge < -0.3 is 14.2 Å². The number of hydrogen-bond donors (Lipinski definition) is 0. The third-order valence-corrected chi connectivity index (χ3v) is 15.9. The molecule has 0 aromatic rings. The van der Waals surface area contributed by atoms with E-state index in [1.807, 2.05) is 0 Å². The summed E-state index contributed by atoms with van der Waals surface area (Å²) in [6, 6.07) is 0. The molecule has 6 nitrogen and oxygen atoms in total. The van der Waals surface area contributed by atoms with Crippen molar-refractivity contribution in [2.75, 3.05) is 13.2 Å². The number of esters is 3. The van der Waals surface area contributed by atoms with E-state index < -0.39 is 6.10 Å². The SMILES string of the molecule is CC/C=C\C/C=C\C/C=C\C/C=C\CCCCCCCCCCC(=O)OC(COC(=O)CCCCCCC/C=C\C/C=C\C/C=C\CC)COC(=O)CCCCCCCCCCCCCCCCCCCCCCCCCCCCCCC. The van der Waals surface area contributed by atoms with Gasteiger partial charge in [-0.2, -0.15) is 0 Å². The molecule has 0 spiro atoms. The fraction of sp³-hybridized carbons (Fsp3) is 0.779. The van der Waals surface area contributed by atoms with E-state index in [1.54, 1.807) is 0 Å². The van der Waals surface area contributed by atoms with Crippen molar-refractivity contribution in [3.8, 4) is 0 Å². The van der Waals surface area contributed by atoms with E-state index in [9.17, 15) is 14.4 Å². The number of unbranched alkanes of at least 4 members (excludes halogenated alkanes) is 41. The Hall–Kier alpha value is -3.41. The van der Waals surface area contributed by atoms with E-state index in [0.717, 1.165) is 128 Å². The van der Waals surface area contributed by atoms with Gasteiger partial charge >= 0.3 is 17.9 Å². The molecule has 0 aromatic heterocycles. The third-order valence-electron chi connectivity index (χ3n) is 15.9. The van der Waals surface area contributed by atoms with E-state index in [0.29, 0.717) is 19.3 Å². The highest BCUT2D eigenvalue weighted by atomic mass is 16.6. The molecule has 0 rings (SSSR count). The monoisotopic (exact) mass is 1160 g/mol. The highest BCUT2D eigenvalue weighted by molar-refractivity contribution is 5.71. The van der Waals surface area contributed by atoms with Crippen LogP contribution < -0.4 is 0 Å². The Labute approximate surface area is 515 Å². The molecule has 0 aliphatic rings. The van der Waals surface area contributed by atoms with Crippen LogP contribution in [-0.2, 0) is 28.6 Å². The number of carbonyl (C=O) groups is 3. The molecule has 0 fully saturated rings. The second-order valence-corrected chi connectivity index (χ2v) is 24.1. The summed E-state index contributed by atoms with van der Waals surface area (Å²) in [6.45, 7) is 6.45. The first-order chi connectivity index (χ1) is 41.0. The second kappa shape index (κ2) is 71.1. The van der Waals surface area contributed by atoms with Crippen molar-refractivity contribution < 1.29 is 28.6 Å². The minimum atomic E-state index is -0.790. The molecule has 0 aromatic carbocycles. The zero-order valence-corrected chi connectivity index (χ0v) is 55.2. The van der Waals surface area contributed by atoms with E-state index in [2.05, 4.69) is 106 Å². The number of hydrogen-bond acceptors (Lipinski definition) is 6. The maximum Gasteiger partial charge on any atom is 0.306 e. The van der Waals surface area contributed by atoms with Crippen molar-refractivity contribution in [1.82, 2.24) is 0 Å². The Morgan fingerprint density at radius 1 is 0.253 bits per heavy atom. The number of rotatable bonds is 66. The predicted molar refractivity (Wildman–Crippen MR) is 362 cm³/mol. The molecule has 0 aliphatic heterocycles. The summed E-state index contributed by atoms with van der Waals surface area (Å²) in [5.41, 5.74) is 0. The van der Waals surface area contributed by atoms with Gasteiger partial charge in [0.1, 0.15) is 13.2 Å². The summed E-state index contributed by atoms with van der Waals surface area (Å²) in [7, 11) is 0. The van der Waals surface area contributed by atoms with Crippen LogP contribution in [0.25, 0.3) is 0 Å². The van der Waals surface area contributed by atoms with Gasteiger partial charge in [-0.25, -0.2) is 0 Å². The molecular formula is C77H136O6. The highest BCUT2D eigenvalue weighted by Crippen LogP contribution is 2.18. The smallest absolute Gasteiger partial charge is 0.306 e. The first-order valence-electron chi connectivity index (χ1n) is 36.1. The van der Waals surface area contributed by atoms with E-state index >= 15 is 0 Å². The molecule has 1 unspecified atom stereocenters. The average molecular weight is 1160 g/mol. The summed E-state index contributed by atoms with van der Waals surface area (Å²) in [4.78, 5) is 38.5. The predicted octanol–water partition coefficient (Wildman–Crippen LogP) is 25.0. The molecular weight excluding hydrogens is 1020 g/mol.